The molecule has 0 spiro atoms. The van der Waals surface area contributed by atoms with Gasteiger partial charge in [-0.25, -0.2) is 0 Å². The van der Waals surface area contributed by atoms with Gasteiger partial charge in [-0.15, -0.1) is 11.6 Å². The SMILES string of the molecule is C.CC(C)[C@H](CN1CCC(C2CCC(Cl)CC2)C(C)(C)C1)NCC1CCCC(C2CCC(CO)CC2)C1.O.O.O.O. The molecule has 1 heterocycles. The predicted molar refractivity (Wildman–Crippen MR) is 176 cm³/mol. The Morgan fingerprint density at radius 1 is 0.805 bits per heavy atom. The van der Waals surface area contributed by atoms with E-state index in [0.717, 1.165) is 29.6 Å². The van der Waals surface area contributed by atoms with Crippen molar-refractivity contribution >= 4 is 11.6 Å². The summed E-state index contributed by atoms with van der Waals surface area (Å²) in [6.07, 6.45) is 17.5. The van der Waals surface area contributed by atoms with Crippen LogP contribution >= 0.6 is 11.6 Å². The first-order valence-corrected chi connectivity index (χ1v) is 16.4. The van der Waals surface area contributed by atoms with Gasteiger partial charge in [0.2, 0.25) is 0 Å². The molecule has 10 N–H and O–H groups in total. The quantitative estimate of drug-likeness (QED) is 0.363. The topological polar surface area (TPSA) is 162 Å². The molecule has 4 fully saturated rings. The maximum Gasteiger partial charge on any atom is 0.0459 e. The van der Waals surface area contributed by atoms with Gasteiger partial charge in [-0.3, -0.25) is 0 Å². The molecule has 41 heavy (non-hydrogen) atoms. The molecule has 1 saturated heterocycles. The molecule has 3 unspecified atom stereocenters. The summed E-state index contributed by atoms with van der Waals surface area (Å²) >= 11 is 6.42. The smallest absolute Gasteiger partial charge is 0.0459 e. The van der Waals surface area contributed by atoms with Crippen molar-refractivity contribution in [3.8, 4) is 0 Å². The average molecular weight is 611 g/mol. The first-order valence-electron chi connectivity index (χ1n) is 16.0. The lowest BCUT2D eigenvalue weighted by atomic mass is 9.64. The van der Waals surface area contributed by atoms with Crippen LogP contribution in [0.4, 0.5) is 0 Å². The minimum Gasteiger partial charge on any atom is -0.412 e. The number of rotatable bonds is 9. The van der Waals surface area contributed by atoms with Gasteiger partial charge in [-0.05, 0) is 131 Å². The molecule has 0 aromatic rings. The highest BCUT2D eigenvalue weighted by Gasteiger charge is 2.41. The van der Waals surface area contributed by atoms with Gasteiger partial charge >= 0.3 is 0 Å². The number of hydrogen-bond donors (Lipinski definition) is 2. The lowest BCUT2D eigenvalue weighted by molar-refractivity contribution is 0.00445. The molecule has 4 atom stereocenters. The molecule has 7 nitrogen and oxygen atoms in total. The number of aliphatic hydroxyl groups excluding tert-OH is 1. The van der Waals surface area contributed by atoms with Crippen LogP contribution in [0.5, 0.6) is 0 Å². The minimum atomic E-state index is 0. The molecular formula is C33H71ClN2O5. The van der Waals surface area contributed by atoms with Crippen molar-refractivity contribution in [1.82, 2.24) is 10.2 Å². The molecule has 0 aromatic carbocycles. The van der Waals surface area contributed by atoms with E-state index in [1.165, 1.54) is 110 Å². The predicted octanol–water partition coefficient (Wildman–Crippen LogP) is 4.69. The van der Waals surface area contributed by atoms with E-state index in [1.54, 1.807) is 0 Å². The number of hydrogen-bond acceptors (Lipinski definition) is 3. The third-order valence-electron chi connectivity index (χ3n) is 11.2. The second kappa shape index (κ2) is 20.1. The zero-order valence-electron chi connectivity index (χ0n) is 26.2. The zero-order valence-corrected chi connectivity index (χ0v) is 27.0. The van der Waals surface area contributed by atoms with E-state index in [2.05, 4.69) is 37.9 Å². The van der Waals surface area contributed by atoms with E-state index in [4.69, 9.17) is 11.6 Å². The van der Waals surface area contributed by atoms with E-state index in [9.17, 15) is 5.11 Å². The van der Waals surface area contributed by atoms with Crippen molar-refractivity contribution in [2.45, 2.75) is 130 Å². The van der Waals surface area contributed by atoms with Crippen LogP contribution in [0, 0.1) is 46.8 Å². The zero-order chi connectivity index (χ0) is 25.7. The van der Waals surface area contributed by atoms with Crippen LogP contribution in [-0.4, -0.2) is 76.1 Å². The Bertz CT molecular complexity index is 654. The minimum absolute atomic E-state index is 0. The summed E-state index contributed by atoms with van der Waals surface area (Å²) < 4.78 is 0. The first kappa shape index (κ1) is 43.1. The lowest BCUT2D eigenvalue weighted by Crippen LogP contribution is -2.53. The van der Waals surface area contributed by atoms with Crippen LogP contribution in [0.15, 0.2) is 0 Å². The molecule has 0 bridgehead atoms. The Balaban J connectivity index is 0. The Morgan fingerprint density at radius 2 is 1.41 bits per heavy atom. The van der Waals surface area contributed by atoms with Crippen molar-refractivity contribution < 1.29 is 27.0 Å². The summed E-state index contributed by atoms with van der Waals surface area (Å²) in [6, 6.07) is 0.601. The van der Waals surface area contributed by atoms with E-state index in [1.807, 2.05) is 0 Å². The summed E-state index contributed by atoms with van der Waals surface area (Å²) in [5.41, 5.74) is 0.412. The average Bonchev–Trinajstić information content (AvgIpc) is 2.87. The third kappa shape index (κ3) is 12.1. The largest absolute Gasteiger partial charge is 0.412 e. The third-order valence-corrected chi connectivity index (χ3v) is 11.7. The molecule has 8 heteroatoms. The maximum absolute atomic E-state index is 9.51. The molecule has 3 saturated carbocycles. The van der Waals surface area contributed by atoms with Gasteiger partial charge in [0.05, 0.1) is 0 Å². The number of nitrogens with zero attached hydrogens (tertiary/aromatic N) is 1. The Morgan fingerprint density at radius 3 is 1.98 bits per heavy atom. The lowest BCUT2D eigenvalue weighted by Gasteiger charge is -2.49. The van der Waals surface area contributed by atoms with Crippen molar-refractivity contribution in [1.29, 1.82) is 0 Å². The highest BCUT2D eigenvalue weighted by Crippen LogP contribution is 2.46. The maximum atomic E-state index is 9.51. The first-order chi connectivity index (χ1) is 17.2. The summed E-state index contributed by atoms with van der Waals surface area (Å²) in [5.74, 6) is 5.77. The molecule has 250 valence electrons. The monoisotopic (exact) mass is 611 g/mol. The number of piperidine rings is 1. The fourth-order valence-corrected chi connectivity index (χ4v) is 9.14. The van der Waals surface area contributed by atoms with Crippen molar-refractivity contribution in [3.05, 3.63) is 0 Å². The van der Waals surface area contributed by atoms with Crippen LogP contribution in [0.3, 0.4) is 0 Å². The summed E-state index contributed by atoms with van der Waals surface area (Å²) in [4.78, 5) is 2.80. The van der Waals surface area contributed by atoms with Gasteiger partial charge in [-0.2, -0.15) is 0 Å². The molecule has 0 amide bonds. The molecule has 0 aromatic heterocycles. The summed E-state index contributed by atoms with van der Waals surface area (Å²) in [6.45, 7) is 15.3. The van der Waals surface area contributed by atoms with Gasteiger partial charge < -0.3 is 37.2 Å². The summed E-state index contributed by atoms with van der Waals surface area (Å²) in [5, 5.41) is 14.0. The van der Waals surface area contributed by atoms with E-state index in [-0.39, 0.29) is 29.3 Å². The van der Waals surface area contributed by atoms with Crippen molar-refractivity contribution in [3.63, 3.8) is 0 Å². The number of alkyl halides is 1. The van der Waals surface area contributed by atoms with Crippen molar-refractivity contribution in [2.75, 3.05) is 32.8 Å². The fraction of sp³-hybridized carbons (Fsp3) is 1.00. The fourth-order valence-electron chi connectivity index (χ4n) is 8.89. The molecule has 4 aliphatic rings. The van der Waals surface area contributed by atoms with E-state index < -0.39 is 0 Å². The molecular weight excluding hydrogens is 540 g/mol. The van der Waals surface area contributed by atoms with Gasteiger partial charge in [0.15, 0.2) is 0 Å². The molecule has 4 rings (SSSR count). The van der Waals surface area contributed by atoms with Gasteiger partial charge in [0, 0.05) is 31.1 Å². The molecule has 0 radical (unpaired) electrons. The summed E-state index contributed by atoms with van der Waals surface area (Å²) in [7, 11) is 0. The normalized spacial score (nSPS) is 34.5. The van der Waals surface area contributed by atoms with Crippen LogP contribution in [-0.2, 0) is 0 Å². The Hall–Kier alpha value is 0.01000. The van der Waals surface area contributed by atoms with Crippen LogP contribution in [0.25, 0.3) is 0 Å². The molecule has 1 aliphatic heterocycles. The van der Waals surface area contributed by atoms with Gasteiger partial charge in [0.1, 0.15) is 0 Å². The van der Waals surface area contributed by atoms with E-state index in [0.29, 0.717) is 35.3 Å². The standard InChI is InChI=1S/C32H59ClN2O.CH4.4H2O/c1-23(2)31(20-35-17-16-30(32(3,4)22-35)27-12-14-29(33)15-13-27)34-19-25-6-5-7-28(18-25)26-10-8-24(21-36)9-11-26;;;;;/h23-31,34,36H,5-22H2,1-4H3;1H4;4*1H2/t24?,25?,26?,27?,28?,29?,30?,31-;;;;;/m0...../s1. The Labute approximate surface area is 258 Å². The van der Waals surface area contributed by atoms with Crippen molar-refractivity contribution in [2.24, 2.45) is 46.8 Å². The number of halogens is 1. The highest BCUT2D eigenvalue weighted by atomic mass is 35.5. The van der Waals surface area contributed by atoms with Crippen LogP contribution in [0.1, 0.15) is 119 Å². The Kier molecular flexibility index (Phi) is 21.2. The van der Waals surface area contributed by atoms with Gasteiger partial charge in [0.25, 0.3) is 0 Å². The van der Waals surface area contributed by atoms with Crippen LogP contribution < -0.4 is 5.32 Å². The second-order valence-electron chi connectivity index (χ2n) is 14.6. The second-order valence-corrected chi connectivity index (χ2v) is 15.3. The number of nitrogens with one attached hydrogen (secondary N) is 1. The number of aliphatic hydroxyl groups is 1. The van der Waals surface area contributed by atoms with Gasteiger partial charge in [-0.1, -0.05) is 48.0 Å². The van der Waals surface area contributed by atoms with Crippen LogP contribution in [0.2, 0.25) is 0 Å². The highest BCUT2D eigenvalue weighted by molar-refractivity contribution is 6.20. The molecule has 3 aliphatic carbocycles. The van der Waals surface area contributed by atoms with E-state index >= 15 is 0 Å². The number of likely N-dealkylation sites (tertiary alicyclic amines) is 1.